The van der Waals surface area contributed by atoms with Crippen molar-refractivity contribution in [3.63, 3.8) is 0 Å². The molecule has 2 aliphatic carbocycles. The molecule has 4 rings (SSSR count). The van der Waals surface area contributed by atoms with Crippen molar-refractivity contribution in [1.82, 2.24) is 15.3 Å². The number of nitrogens with zero attached hydrogens (tertiary/aromatic N) is 1. The van der Waals surface area contributed by atoms with Crippen LogP contribution in [0.4, 0.5) is 0 Å². The number of fused-ring (bicyclic) bond motifs is 5. The predicted molar refractivity (Wildman–Crippen MR) is 76.5 cm³/mol. The molecule has 2 bridgehead atoms. The number of imidazole rings is 1. The molecule has 2 unspecified atom stereocenters. The van der Waals surface area contributed by atoms with Crippen molar-refractivity contribution in [2.24, 2.45) is 5.41 Å². The van der Waals surface area contributed by atoms with E-state index in [4.69, 9.17) is 4.98 Å². The Kier molecular flexibility index (Phi) is 2.28. The van der Waals surface area contributed by atoms with Crippen LogP contribution in [-0.4, -0.2) is 23.1 Å². The first-order valence-electron chi connectivity index (χ1n) is 7.85. The summed E-state index contributed by atoms with van der Waals surface area (Å²) in [6.07, 6.45) is 5.12. The summed E-state index contributed by atoms with van der Waals surface area (Å²) in [4.78, 5) is 8.82. The van der Waals surface area contributed by atoms with Gasteiger partial charge in [-0.25, -0.2) is 4.98 Å². The lowest BCUT2D eigenvalue weighted by molar-refractivity contribution is 0.224. The highest BCUT2D eigenvalue weighted by molar-refractivity contribution is 5.42. The highest BCUT2D eigenvalue weighted by Gasteiger charge is 2.61. The zero-order chi connectivity index (χ0) is 13.3. The first-order chi connectivity index (χ1) is 9.04. The molecule has 104 valence electrons. The van der Waals surface area contributed by atoms with Crippen LogP contribution < -0.4 is 5.32 Å². The Hall–Kier alpha value is -0.830. The van der Waals surface area contributed by atoms with Crippen molar-refractivity contribution in [3.8, 4) is 0 Å². The van der Waals surface area contributed by atoms with Crippen molar-refractivity contribution in [2.75, 3.05) is 13.1 Å². The minimum absolute atomic E-state index is 0.300. The van der Waals surface area contributed by atoms with E-state index in [-0.39, 0.29) is 0 Å². The molecule has 0 aromatic carbocycles. The Labute approximate surface area is 115 Å². The SMILES string of the molecule is CC12CCC(c3[nH]c(C4CCNCC4)nc31)C2(C)C. The fraction of sp³-hybridized carbons (Fsp3) is 0.812. The highest BCUT2D eigenvalue weighted by Crippen LogP contribution is 2.67. The molecule has 2 atom stereocenters. The van der Waals surface area contributed by atoms with Crippen LogP contribution in [0.15, 0.2) is 0 Å². The number of piperidine rings is 1. The molecule has 3 nitrogen and oxygen atoms in total. The summed E-state index contributed by atoms with van der Waals surface area (Å²) in [5, 5.41) is 3.44. The molecular weight excluding hydrogens is 234 g/mol. The van der Waals surface area contributed by atoms with E-state index in [1.807, 2.05) is 0 Å². The number of nitrogens with one attached hydrogen (secondary N) is 2. The maximum atomic E-state index is 5.08. The molecule has 2 N–H and O–H groups in total. The van der Waals surface area contributed by atoms with Gasteiger partial charge in [-0.15, -0.1) is 0 Å². The lowest BCUT2D eigenvalue weighted by atomic mass is 9.70. The summed E-state index contributed by atoms with van der Waals surface area (Å²) in [7, 11) is 0. The van der Waals surface area contributed by atoms with E-state index in [0.717, 1.165) is 13.1 Å². The second-order valence-electron chi connectivity index (χ2n) is 7.55. The Morgan fingerprint density at radius 1 is 1.11 bits per heavy atom. The van der Waals surface area contributed by atoms with Gasteiger partial charge in [0.15, 0.2) is 0 Å². The highest BCUT2D eigenvalue weighted by atomic mass is 15.0. The van der Waals surface area contributed by atoms with Crippen LogP contribution >= 0.6 is 0 Å². The summed E-state index contributed by atoms with van der Waals surface area (Å²) in [5.74, 6) is 2.63. The molecule has 1 aromatic heterocycles. The summed E-state index contributed by atoms with van der Waals surface area (Å²) in [6, 6.07) is 0. The predicted octanol–water partition coefficient (Wildman–Crippen LogP) is 3.05. The van der Waals surface area contributed by atoms with Gasteiger partial charge >= 0.3 is 0 Å². The van der Waals surface area contributed by atoms with Gasteiger partial charge in [0.2, 0.25) is 0 Å². The van der Waals surface area contributed by atoms with Crippen LogP contribution in [0.3, 0.4) is 0 Å². The topological polar surface area (TPSA) is 40.7 Å². The normalized spacial score (nSPS) is 36.7. The van der Waals surface area contributed by atoms with Crippen LogP contribution in [-0.2, 0) is 5.41 Å². The average molecular weight is 259 g/mol. The summed E-state index contributed by atoms with van der Waals surface area (Å²) in [6.45, 7) is 9.59. The van der Waals surface area contributed by atoms with Crippen LogP contribution in [0.2, 0.25) is 0 Å². The maximum absolute atomic E-state index is 5.08. The Morgan fingerprint density at radius 2 is 1.84 bits per heavy atom. The third-order valence-electron chi connectivity index (χ3n) is 6.57. The molecule has 2 heterocycles. The first-order valence-corrected chi connectivity index (χ1v) is 7.85. The monoisotopic (exact) mass is 259 g/mol. The van der Waals surface area contributed by atoms with E-state index in [9.17, 15) is 0 Å². The fourth-order valence-corrected chi connectivity index (χ4v) is 4.80. The molecule has 0 radical (unpaired) electrons. The lowest BCUT2D eigenvalue weighted by Gasteiger charge is -2.34. The lowest BCUT2D eigenvalue weighted by Crippen LogP contribution is -2.32. The van der Waals surface area contributed by atoms with Crippen molar-refractivity contribution in [3.05, 3.63) is 17.2 Å². The molecular formula is C16H25N3. The van der Waals surface area contributed by atoms with Crippen molar-refractivity contribution >= 4 is 0 Å². The Bertz CT molecular complexity index is 510. The molecule has 3 heteroatoms. The molecule has 3 aliphatic rings. The summed E-state index contributed by atoms with van der Waals surface area (Å²) >= 11 is 0. The number of H-pyrrole nitrogens is 1. The third kappa shape index (κ3) is 1.35. The summed E-state index contributed by atoms with van der Waals surface area (Å²) in [5.41, 5.74) is 3.57. The van der Waals surface area contributed by atoms with Gasteiger partial charge in [-0.05, 0) is 44.2 Å². The van der Waals surface area contributed by atoms with Crippen LogP contribution in [0.25, 0.3) is 0 Å². The molecule has 0 spiro atoms. The van der Waals surface area contributed by atoms with E-state index < -0.39 is 0 Å². The quantitative estimate of drug-likeness (QED) is 0.814. The largest absolute Gasteiger partial charge is 0.345 e. The average Bonchev–Trinajstić information content (AvgIpc) is 2.97. The second-order valence-corrected chi connectivity index (χ2v) is 7.55. The van der Waals surface area contributed by atoms with E-state index in [1.165, 1.54) is 42.9 Å². The van der Waals surface area contributed by atoms with Gasteiger partial charge in [0.05, 0.1) is 5.69 Å². The number of aromatic nitrogens is 2. The minimum atomic E-state index is 0.300. The zero-order valence-corrected chi connectivity index (χ0v) is 12.3. The van der Waals surface area contributed by atoms with Gasteiger partial charge < -0.3 is 10.3 Å². The van der Waals surface area contributed by atoms with Gasteiger partial charge in [-0.3, -0.25) is 0 Å². The maximum Gasteiger partial charge on any atom is 0.109 e. The van der Waals surface area contributed by atoms with E-state index in [1.54, 1.807) is 0 Å². The smallest absolute Gasteiger partial charge is 0.109 e. The number of rotatable bonds is 1. The fourth-order valence-electron chi connectivity index (χ4n) is 4.80. The van der Waals surface area contributed by atoms with Crippen LogP contribution in [0.1, 0.15) is 75.5 Å². The van der Waals surface area contributed by atoms with Crippen molar-refractivity contribution < 1.29 is 0 Å². The molecule has 0 amide bonds. The van der Waals surface area contributed by atoms with Gasteiger partial charge in [-0.2, -0.15) is 0 Å². The number of hydrogen-bond acceptors (Lipinski definition) is 2. The Balaban J connectivity index is 1.74. The molecule has 1 saturated heterocycles. The number of aromatic amines is 1. The van der Waals surface area contributed by atoms with E-state index in [0.29, 0.717) is 22.7 Å². The van der Waals surface area contributed by atoms with E-state index in [2.05, 4.69) is 31.1 Å². The van der Waals surface area contributed by atoms with Crippen molar-refractivity contribution in [1.29, 1.82) is 0 Å². The van der Waals surface area contributed by atoms with Gasteiger partial charge in [0.1, 0.15) is 5.82 Å². The van der Waals surface area contributed by atoms with Crippen LogP contribution in [0, 0.1) is 5.41 Å². The van der Waals surface area contributed by atoms with Crippen molar-refractivity contribution in [2.45, 2.75) is 63.7 Å². The standard InChI is InChI=1S/C16H25N3/c1-15(2)11-4-7-16(15,3)13-12(11)18-14(19-13)10-5-8-17-9-6-10/h10-11,17H,4-9H2,1-3H3,(H,18,19). The van der Waals surface area contributed by atoms with E-state index >= 15 is 0 Å². The molecule has 1 aliphatic heterocycles. The second kappa shape index (κ2) is 3.63. The molecule has 2 fully saturated rings. The Morgan fingerprint density at radius 3 is 2.53 bits per heavy atom. The molecule has 1 aromatic rings. The summed E-state index contributed by atoms with van der Waals surface area (Å²) < 4.78 is 0. The number of hydrogen-bond donors (Lipinski definition) is 2. The first kappa shape index (κ1) is 12.0. The van der Waals surface area contributed by atoms with Gasteiger partial charge in [-0.1, -0.05) is 20.8 Å². The minimum Gasteiger partial charge on any atom is -0.345 e. The van der Waals surface area contributed by atoms with Gasteiger partial charge in [0, 0.05) is 22.9 Å². The van der Waals surface area contributed by atoms with Crippen LogP contribution in [0.5, 0.6) is 0 Å². The zero-order valence-electron chi connectivity index (χ0n) is 12.3. The molecule has 19 heavy (non-hydrogen) atoms. The third-order valence-corrected chi connectivity index (χ3v) is 6.57. The molecule has 1 saturated carbocycles. The van der Waals surface area contributed by atoms with Gasteiger partial charge in [0.25, 0.3) is 0 Å².